The highest BCUT2D eigenvalue weighted by Crippen LogP contribution is 2.33. The second-order valence-corrected chi connectivity index (χ2v) is 7.16. The van der Waals surface area contributed by atoms with Gasteiger partial charge in [-0.3, -0.25) is 19.4 Å². The van der Waals surface area contributed by atoms with E-state index in [1.165, 1.54) is 19.1 Å². The zero-order valence-corrected chi connectivity index (χ0v) is 17.7. The molecule has 2 aromatic rings. The summed E-state index contributed by atoms with van der Waals surface area (Å²) < 4.78 is 10.5. The minimum absolute atomic E-state index is 0.377. The van der Waals surface area contributed by atoms with Crippen LogP contribution in [0, 0.1) is 13.8 Å². The Labute approximate surface area is 175 Å². The molecule has 4 amide bonds. The molecule has 1 heterocycles. The number of imide groups is 1. The molecule has 0 aromatic heterocycles. The van der Waals surface area contributed by atoms with E-state index in [2.05, 4.69) is 5.32 Å². The van der Waals surface area contributed by atoms with Crippen molar-refractivity contribution in [3.8, 4) is 11.5 Å². The molecule has 0 spiro atoms. The van der Waals surface area contributed by atoms with E-state index < -0.39 is 23.9 Å². The van der Waals surface area contributed by atoms with Crippen molar-refractivity contribution >= 4 is 29.2 Å². The number of hydrogen-bond donors (Lipinski definition) is 1. The Hall–Kier alpha value is -3.55. The average molecular weight is 411 g/mol. The second-order valence-electron chi connectivity index (χ2n) is 7.16. The quantitative estimate of drug-likeness (QED) is 0.738. The largest absolute Gasteiger partial charge is 0.493 e. The van der Waals surface area contributed by atoms with Crippen molar-refractivity contribution < 1.29 is 23.9 Å². The number of hydrogen-bond acceptors (Lipinski definition) is 5. The molecule has 1 fully saturated rings. The summed E-state index contributed by atoms with van der Waals surface area (Å²) in [5, 5.41) is 2.74. The van der Waals surface area contributed by atoms with Crippen LogP contribution in [0.3, 0.4) is 0 Å². The Bertz CT molecular complexity index is 987. The molecule has 0 aliphatic carbocycles. The van der Waals surface area contributed by atoms with Crippen molar-refractivity contribution in [1.82, 2.24) is 4.90 Å². The monoisotopic (exact) mass is 411 g/mol. The summed E-state index contributed by atoms with van der Waals surface area (Å²) in [6, 6.07) is 9.49. The molecule has 0 saturated carbocycles. The van der Waals surface area contributed by atoms with Gasteiger partial charge in [0.1, 0.15) is 12.6 Å². The van der Waals surface area contributed by atoms with E-state index in [1.807, 2.05) is 26.0 Å². The van der Waals surface area contributed by atoms with Gasteiger partial charge in [0, 0.05) is 17.4 Å². The van der Waals surface area contributed by atoms with Crippen molar-refractivity contribution in [2.75, 3.05) is 31.0 Å². The van der Waals surface area contributed by atoms with E-state index in [4.69, 9.17) is 9.47 Å². The third-order valence-electron chi connectivity index (χ3n) is 5.07. The Morgan fingerprint density at radius 2 is 1.63 bits per heavy atom. The van der Waals surface area contributed by atoms with Gasteiger partial charge in [-0.05, 0) is 44.5 Å². The van der Waals surface area contributed by atoms with Crippen LogP contribution < -0.4 is 19.7 Å². The van der Waals surface area contributed by atoms with Crippen LogP contribution >= 0.6 is 0 Å². The third-order valence-corrected chi connectivity index (χ3v) is 5.07. The first kappa shape index (κ1) is 21.2. The van der Waals surface area contributed by atoms with Gasteiger partial charge in [0.2, 0.25) is 5.91 Å². The molecule has 2 aromatic carbocycles. The summed E-state index contributed by atoms with van der Waals surface area (Å²) in [7, 11) is 3.03. The maximum atomic E-state index is 12.9. The number of nitrogens with zero attached hydrogens (tertiary/aromatic N) is 2. The molecule has 30 heavy (non-hydrogen) atoms. The summed E-state index contributed by atoms with van der Waals surface area (Å²) in [5.74, 6) is 0.107. The smallest absolute Gasteiger partial charge is 0.332 e. The molecule has 3 rings (SSSR count). The summed E-state index contributed by atoms with van der Waals surface area (Å²) >= 11 is 0. The van der Waals surface area contributed by atoms with Crippen LogP contribution in [0.5, 0.6) is 11.5 Å². The topological polar surface area (TPSA) is 88.2 Å². The molecular formula is C22H25N3O5. The number of amides is 4. The van der Waals surface area contributed by atoms with E-state index in [-0.39, 0.29) is 6.54 Å². The molecule has 1 aliphatic heterocycles. The second kappa shape index (κ2) is 8.44. The van der Waals surface area contributed by atoms with Crippen LogP contribution in [0.2, 0.25) is 0 Å². The third kappa shape index (κ3) is 3.94. The number of rotatable bonds is 6. The number of nitrogens with one attached hydrogen (secondary N) is 1. The van der Waals surface area contributed by atoms with Crippen molar-refractivity contribution in [1.29, 1.82) is 0 Å². The molecule has 0 bridgehead atoms. The fraction of sp³-hybridized carbons (Fsp3) is 0.318. The molecule has 1 saturated heterocycles. The summed E-state index contributed by atoms with van der Waals surface area (Å²) in [5.41, 5.74) is 2.94. The van der Waals surface area contributed by atoms with E-state index in [0.29, 0.717) is 22.9 Å². The highest BCUT2D eigenvalue weighted by molar-refractivity contribution is 6.16. The molecule has 8 nitrogen and oxygen atoms in total. The van der Waals surface area contributed by atoms with Crippen LogP contribution in [0.1, 0.15) is 18.1 Å². The number of aryl methyl sites for hydroxylation is 2. The van der Waals surface area contributed by atoms with Crippen LogP contribution in [-0.2, 0) is 9.59 Å². The zero-order valence-electron chi connectivity index (χ0n) is 17.7. The maximum Gasteiger partial charge on any atom is 0.332 e. The van der Waals surface area contributed by atoms with Crippen molar-refractivity contribution in [2.45, 2.75) is 26.8 Å². The van der Waals surface area contributed by atoms with Crippen LogP contribution in [0.15, 0.2) is 36.4 Å². The molecule has 1 N–H and O–H groups in total. The SMILES string of the molecule is COc1cc(C)c(NC(=O)CN2C(=O)[C@H](C)N(c3ccc(C)cc3)C2=O)cc1OC. The zero-order chi connectivity index (χ0) is 22.0. The molecular weight excluding hydrogens is 386 g/mol. The molecule has 0 radical (unpaired) electrons. The highest BCUT2D eigenvalue weighted by atomic mass is 16.5. The van der Waals surface area contributed by atoms with E-state index in [0.717, 1.165) is 16.0 Å². The summed E-state index contributed by atoms with van der Waals surface area (Å²) in [6.07, 6.45) is 0. The Morgan fingerprint density at radius 1 is 1.03 bits per heavy atom. The number of anilines is 2. The first-order chi connectivity index (χ1) is 14.3. The first-order valence-corrected chi connectivity index (χ1v) is 9.50. The van der Waals surface area contributed by atoms with Crippen molar-refractivity contribution in [2.24, 2.45) is 0 Å². The lowest BCUT2D eigenvalue weighted by molar-refractivity contribution is -0.130. The van der Waals surface area contributed by atoms with Gasteiger partial charge in [-0.2, -0.15) is 0 Å². The minimum Gasteiger partial charge on any atom is -0.493 e. The van der Waals surface area contributed by atoms with Gasteiger partial charge in [-0.25, -0.2) is 4.79 Å². The number of ether oxygens (including phenoxy) is 2. The van der Waals surface area contributed by atoms with Gasteiger partial charge in [-0.1, -0.05) is 17.7 Å². The Kier molecular flexibility index (Phi) is 5.96. The van der Waals surface area contributed by atoms with Crippen LogP contribution in [0.25, 0.3) is 0 Å². The molecule has 158 valence electrons. The van der Waals surface area contributed by atoms with Crippen molar-refractivity contribution in [3.05, 3.63) is 47.5 Å². The predicted octanol–water partition coefficient (Wildman–Crippen LogP) is 3.12. The molecule has 1 atom stereocenters. The standard InChI is InChI=1S/C22H25N3O5/c1-13-6-8-16(9-7-13)25-15(3)21(27)24(22(25)28)12-20(26)23-17-11-19(30-5)18(29-4)10-14(17)2/h6-11,15H,12H2,1-5H3,(H,23,26)/t15-/m0/s1. The minimum atomic E-state index is -0.684. The van der Waals surface area contributed by atoms with Gasteiger partial charge in [0.25, 0.3) is 5.91 Å². The fourth-order valence-corrected chi connectivity index (χ4v) is 3.36. The van der Waals surface area contributed by atoms with Gasteiger partial charge < -0.3 is 14.8 Å². The summed E-state index contributed by atoms with van der Waals surface area (Å²) in [4.78, 5) is 40.5. The predicted molar refractivity (Wildman–Crippen MR) is 113 cm³/mol. The lowest BCUT2D eigenvalue weighted by atomic mass is 10.1. The van der Waals surface area contributed by atoms with E-state index in [1.54, 1.807) is 31.2 Å². The van der Waals surface area contributed by atoms with E-state index >= 15 is 0 Å². The lowest BCUT2D eigenvalue weighted by Gasteiger charge is -2.19. The first-order valence-electron chi connectivity index (χ1n) is 9.50. The number of carbonyl (C=O) groups is 3. The van der Waals surface area contributed by atoms with Gasteiger partial charge in [-0.15, -0.1) is 0 Å². The normalized spacial score (nSPS) is 16.1. The highest BCUT2D eigenvalue weighted by Gasteiger charge is 2.44. The average Bonchev–Trinajstić information content (AvgIpc) is 2.93. The number of benzene rings is 2. The van der Waals surface area contributed by atoms with Crippen LogP contribution in [0.4, 0.5) is 16.2 Å². The molecule has 0 unspecified atom stereocenters. The number of carbonyl (C=O) groups excluding carboxylic acids is 3. The lowest BCUT2D eigenvalue weighted by Crippen LogP contribution is -2.39. The van der Waals surface area contributed by atoms with Gasteiger partial charge >= 0.3 is 6.03 Å². The molecule has 1 aliphatic rings. The van der Waals surface area contributed by atoms with Gasteiger partial charge in [0.15, 0.2) is 11.5 Å². The number of urea groups is 1. The Morgan fingerprint density at radius 3 is 2.23 bits per heavy atom. The number of methoxy groups -OCH3 is 2. The van der Waals surface area contributed by atoms with Crippen LogP contribution in [-0.4, -0.2) is 49.6 Å². The Balaban J connectivity index is 1.76. The maximum absolute atomic E-state index is 12.9. The van der Waals surface area contributed by atoms with Gasteiger partial charge in [0.05, 0.1) is 14.2 Å². The summed E-state index contributed by atoms with van der Waals surface area (Å²) in [6.45, 7) is 5.02. The van der Waals surface area contributed by atoms with E-state index in [9.17, 15) is 14.4 Å². The van der Waals surface area contributed by atoms with Crippen molar-refractivity contribution in [3.63, 3.8) is 0 Å². The fourth-order valence-electron chi connectivity index (χ4n) is 3.36. The molecule has 8 heteroatoms.